The van der Waals surface area contributed by atoms with E-state index in [2.05, 4.69) is 10.0 Å². The second-order valence-corrected chi connectivity index (χ2v) is 9.61. The number of carbonyl (C=O) groups is 1. The van der Waals surface area contributed by atoms with Gasteiger partial charge in [-0.25, -0.2) is 13.1 Å². The highest BCUT2D eigenvalue weighted by Gasteiger charge is 2.22. The first-order valence-corrected chi connectivity index (χ1v) is 12.1. The highest BCUT2D eigenvalue weighted by Crippen LogP contribution is 2.23. The summed E-state index contributed by atoms with van der Waals surface area (Å²) in [5.74, 6) is -0.625. The van der Waals surface area contributed by atoms with Gasteiger partial charge < -0.3 is 5.32 Å². The van der Waals surface area contributed by atoms with Crippen LogP contribution in [0.1, 0.15) is 16.1 Å². The molecule has 0 unspecified atom stereocenters. The third-order valence-corrected chi connectivity index (χ3v) is 6.97. The molecule has 34 heavy (non-hydrogen) atoms. The molecule has 2 N–H and O–H groups in total. The summed E-state index contributed by atoms with van der Waals surface area (Å²) in [6, 6.07) is 20.9. The zero-order valence-electron chi connectivity index (χ0n) is 18.3. The van der Waals surface area contributed by atoms with Gasteiger partial charge in [-0.05, 0) is 55.5 Å². The Balaban J connectivity index is 1.66. The molecule has 8 nitrogen and oxygen atoms in total. The average Bonchev–Trinajstić information content (AvgIpc) is 3.03. The number of amides is 1. The number of hydrogen-bond acceptors (Lipinski definition) is 4. The lowest BCUT2D eigenvalue weighted by Crippen LogP contribution is -2.24. The molecule has 1 aromatic heterocycles. The van der Waals surface area contributed by atoms with E-state index >= 15 is 0 Å². The van der Waals surface area contributed by atoms with Gasteiger partial charge in [0.05, 0.1) is 27.5 Å². The Hall–Kier alpha value is -3.82. The Labute approximate surface area is 201 Å². The molecular formula is C24H21ClN4O4S. The fourth-order valence-corrected chi connectivity index (χ4v) is 4.69. The zero-order chi connectivity index (χ0) is 24.5. The second kappa shape index (κ2) is 9.20. The topological polar surface area (TPSA) is 102 Å². The number of hydrogen-bond donors (Lipinski definition) is 2. The minimum absolute atomic E-state index is 0.00300. The molecular weight excluding hydrogens is 476 g/mol. The van der Waals surface area contributed by atoms with Gasteiger partial charge in [-0.1, -0.05) is 41.9 Å². The van der Waals surface area contributed by atoms with Crippen LogP contribution in [-0.4, -0.2) is 23.7 Å². The maximum Gasteiger partial charge on any atom is 0.295 e. The van der Waals surface area contributed by atoms with Crippen molar-refractivity contribution < 1.29 is 13.2 Å². The normalized spacial score (nSPS) is 11.3. The summed E-state index contributed by atoms with van der Waals surface area (Å²) in [6.07, 6.45) is 0. The number of benzene rings is 3. The van der Waals surface area contributed by atoms with E-state index < -0.39 is 21.5 Å². The van der Waals surface area contributed by atoms with Crippen LogP contribution in [0, 0.1) is 6.92 Å². The van der Waals surface area contributed by atoms with Crippen molar-refractivity contribution in [3.05, 3.63) is 105 Å². The van der Waals surface area contributed by atoms with E-state index in [0.29, 0.717) is 16.4 Å². The van der Waals surface area contributed by atoms with Crippen molar-refractivity contribution >= 4 is 38.9 Å². The Bertz CT molecular complexity index is 1530. The van der Waals surface area contributed by atoms with E-state index in [9.17, 15) is 18.0 Å². The number of sulfonamides is 1. The molecule has 0 aliphatic carbocycles. The summed E-state index contributed by atoms with van der Waals surface area (Å²) in [6.45, 7) is 1.71. The average molecular weight is 497 g/mol. The van der Waals surface area contributed by atoms with Gasteiger partial charge in [0.25, 0.3) is 21.5 Å². The summed E-state index contributed by atoms with van der Waals surface area (Å²) in [5, 5.41) is 3.05. The quantitative estimate of drug-likeness (QED) is 0.418. The third-order valence-electron chi connectivity index (χ3n) is 5.33. The summed E-state index contributed by atoms with van der Waals surface area (Å²) in [7, 11) is -2.26. The number of para-hydroxylation sites is 2. The summed E-state index contributed by atoms with van der Waals surface area (Å²) in [4.78, 5) is 26.2. The number of nitrogens with one attached hydrogen (secondary N) is 2. The summed E-state index contributed by atoms with van der Waals surface area (Å²) >= 11 is 5.85. The molecule has 0 saturated carbocycles. The molecule has 4 aromatic rings. The Morgan fingerprint density at radius 1 is 0.912 bits per heavy atom. The van der Waals surface area contributed by atoms with Crippen LogP contribution in [0.3, 0.4) is 0 Å². The number of nitrogens with zero attached hydrogens (tertiary/aromatic N) is 2. The minimum Gasteiger partial charge on any atom is -0.316 e. The Kier molecular flexibility index (Phi) is 6.32. The van der Waals surface area contributed by atoms with Crippen molar-refractivity contribution in [3.8, 4) is 5.69 Å². The van der Waals surface area contributed by atoms with Gasteiger partial charge >= 0.3 is 0 Å². The van der Waals surface area contributed by atoms with Crippen LogP contribution >= 0.6 is 11.6 Å². The first kappa shape index (κ1) is 23.3. The molecule has 0 fully saturated rings. The fourth-order valence-electron chi connectivity index (χ4n) is 3.48. The molecule has 0 radical (unpaired) electrons. The van der Waals surface area contributed by atoms with Crippen LogP contribution in [-0.2, 0) is 17.1 Å². The van der Waals surface area contributed by atoms with Gasteiger partial charge in [0.15, 0.2) is 0 Å². The van der Waals surface area contributed by atoms with Gasteiger partial charge in [0.1, 0.15) is 5.69 Å². The molecule has 0 aliphatic heterocycles. The van der Waals surface area contributed by atoms with E-state index in [-0.39, 0.29) is 21.8 Å². The van der Waals surface area contributed by atoms with Crippen molar-refractivity contribution in [1.29, 1.82) is 0 Å². The van der Waals surface area contributed by atoms with Gasteiger partial charge in [0, 0.05) is 12.1 Å². The second-order valence-electron chi connectivity index (χ2n) is 7.50. The zero-order valence-corrected chi connectivity index (χ0v) is 19.9. The molecule has 0 bridgehead atoms. The molecule has 0 saturated heterocycles. The predicted octanol–water partition coefficient (Wildman–Crippen LogP) is 4.19. The third kappa shape index (κ3) is 4.48. The maximum absolute atomic E-state index is 13.1. The monoisotopic (exact) mass is 496 g/mol. The molecule has 4 rings (SSSR count). The number of carbonyl (C=O) groups excluding carboxylic acids is 1. The highest BCUT2D eigenvalue weighted by atomic mass is 35.5. The smallest absolute Gasteiger partial charge is 0.295 e. The van der Waals surface area contributed by atoms with E-state index in [1.807, 2.05) is 18.2 Å². The van der Waals surface area contributed by atoms with E-state index in [1.165, 1.54) is 41.1 Å². The van der Waals surface area contributed by atoms with Crippen molar-refractivity contribution in [2.24, 2.45) is 7.05 Å². The first-order valence-electron chi connectivity index (χ1n) is 10.2. The molecule has 10 heteroatoms. The van der Waals surface area contributed by atoms with Gasteiger partial charge in [-0.2, -0.15) is 0 Å². The van der Waals surface area contributed by atoms with Crippen LogP contribution in [0.5, 0.6) is 0 Å². The van der Waals surface area contributed by atoms with Crippen molar-refractivity contribution in [2.45, 2.75) is 11.8 Å². The number of rotatable bonds is 6. The molecule has 3 aromatic carbocycles. The molecule has 0 aliphatic rings. The van der Waals surface area contributed by atoms with Crippen LogP contribution in [0.2, 0.25) is 5.02 Å². The molecule has 0 spiro atoms. The largest absolute Gasteiger partial charge is 0.316 e. The van der Waals surface area contributed by atoms with Crippen LogP contribution in [0.15, 0.2) is 88.6 Å². The summed E-state index contributed by atoms with van der Waals surface area (Å²) in [5.41, 5.74) is 1.03. The van der Waals surface area contributed by atoms with Crippen LogP contribution in [0.25, 0.3) is 5.69 Å². The van der Waals surface area contributed by atoms with E-state index in [0.717, 1.165) is 0 Å². The number of halogens is 1. The Morgan fingerprint density at radius 2 is 1.53 bits per heavy atom. The van der Waals surface area contributed by atoms with Crippen LogP contribution in [0.4, 0.5) is 11.4 Å². The lowest BCUT2D eigenvalue weighted by Gasteiger charge is -2.12. The van der Waals surface area contributed by atoms with E-state index in [4.69, 9.17) is 11.6 Å². The van der Waals surface area contributed by atoms with Gasteiger partial charge in [0.2, 0.25) is 0 Å². The lowest BCUT2D eigenvalue weighted by atomic mass is 10.1. The fraction of sp³-hybridized carbons (Fsp3) is 0.0833. The van der Waals surface area contributed by atoms with Crippen molar-refractivity contribution in [2.75, 3.05) is 10.0 Å². The molecule has 1 heterocycles. The van der Waals surface area contributed by atoms with E-state index in [1.54, 1.807) is 42.9 Å². The van der Waals surface area contributed by atoms with Gasteiger partial charge in [-0.15, -0.1) is 0 Å². The lowest BCUT2D eigenvalue weighted by molar-refractivity contribution is 0.102. The number of aromatic nitrogens is 2. The van der Waals surface area contributed by atoms with Crippen molar-refractivity contribution in [3.63, 3.8) is 0 Å². The highest BCUT2D eigenvalue weighted by molar-refractivity contribution is 7.92. The standard InChI is InChI=1S/C24H21ClN4O4S/c1-16-22(24(31)29(28(16)2)18-8-4-3-5-9-18)26-23(30)20-10-6-7-11-21(20)27-34(32,33)19-14-12-17(25)13-15-19/h3-15,27H,1-2H3,(H,26,30). The predicted molar refractivity (Wildman–Crippen MR) is 132 cm³/mol. The van der Waals surface area contributed by atoms with Crippen molar-refractivity contribution in [1.82, 2.24) is 9.36 Å². The summed E-state index contributed by atoms with van der Waals surface area (Å²) < 4.78 is 31.2. The number of anilines is 2. The maximum atomic E-state index is 13.1. The molecule has 0 atom stereocenters. The van der Waals surface area contributed by atoms with Gasteiger partial charge in [-0.3, -0.25) is 19.0 Å². The SMILES string of the molecule is Cc1c(NC(=O)c2ccccc2NS(=O)(=O)c2ccc(Cl)cc2)c(=O)n(-c2ccccc2)n1C. The minimum atomic E-state index is -3.97. The van der Waals surface area contributed by atoms with Crippen LogP contribution < -0.4 is 15.6 Å². The Morgan fingerprint density at radius 3 is 2.21 bits per heavy atom. The molecule has 1 amide bonds. The molecule has 174 valence electrons. The first-order chi connectivity index (χ1) is 16.2.